The summed E-state index contributed by atoms with van der Waals surface area (Å²) in [6.45, 7) is 10.4. The van der Waals surface area contributed by atoms with Gasteiger partial charge in [-0.2, -0.15) is 0 Å². The molecule has 3 aromatic carbocycles. The number of nitrogens with one attached hydrogen (secondary N) is 1. The summed E-state index contributed by atoms with van der Waals surface area (Å²) < 4.78 is 16.9. The van der Waals surface area contributed by atoms with Crippen molar-refractivity contribution in [1.82, 2.24) is 5.32 Å². The van der Waals surface area contributed by atoms with E-state index in [-0.39, 0.29) is 18.4 Å². The second-order valence-electron chi connectivity index (χ2n) is 8.81. The number of amides is 1. The average molecular weight is 503 g/mol. The van der Waals surface area contributed by atoms with E-state index in [2.05, 4.69) is 36.5 Å². The van der Waals surface area contributed by atoms with Crippen molar-refractivity contribution in [3.63, 3.8) is 0 Å². The Labute approximate surface area is 218 Å². The van der Waals surface area contributed by atoms with Gasteiger partial charge in [0, 0.05) is 23.9 Å². The van der Waals surface area contributed by atoms with Gasteiger partial charge in [0.1, 0.15) is 0 Å². The SMILES string of the molecule is CCOC(=O)N1c2cc(OCC)c(OCC)cc2C(=O)C(=CNC(C)c2cccc3ccccc23)C1C. The molecule has 0 bridgehead atoms. The number of ketones is 1. The average Bonchev–Trinajstić information content (AvgIpc) is 2.89. The molecule has 1 amide bonds. The normalized spacial score (nSPS) is 16.9. The molecule has 7 heteroatoms. The number of hydrogen-bond donors (Lipinski definition) is 1. The Morgan fingerprint density at radius 1 is 1.00 bits per heavy atom. The van der Waals surface area contributed by atoms with Gasteiger partial charge in [0.2, 0.25) is 0 Å². The summed E-state index contributed by atoms with van der Waals surface area (Å²) in [7, 11) is 0. The molecular formula is C30H34N2O5. The maximum Gasteiger partial charge on any atom is 0.414 e. The van der Waals surface area contributed by atoms with Crippen LogP contribution in [0.15, 0.2) is 66.4 Å². The van der Waals surface area contributed by atoms with Gasteiger partial charge in [0.05, 0.1) is 37.1 Å². The lowest BCUT2D eigenvalue weighted by atomic mass is 9.90. The van der Waals surface area contributed by atoms with Crippen LogP contribution in [0.4, 0.5) is 10.5 Å². The molecule has 0 radical (unpaired) electrons. The minimum atomic E-state index is -0.557. The molecule has 1 aliphatic heterocycles. The summed E-state index contributed by atoms with van der Waals surface area (Å²) in [4.78, 5) is 28.3. The predicted octanol–water partition coefficient (Wildman–Crippen LogP) is 6.42. The number of rotatable bonds is 8. The van der Waals surface area contributed by atoms with Gasteiger partial charge < -0.3 is 19.5 Å². The molecule has 0 aliphatic carbocycles. The molecular weight excluding hydrogens is 468 g/mol. The van der Waals surface area contributed by atoms with Crippen LogP contribution in [0.25, 0.3) is 10.8 Å². The number of carbonyl (C=O) groups is 2. The van der Waals surface area contributed by atoms with E-state index < -0.39 is 12.1 Å². The van der Waals surface area contributed by atoms with Gasteiger partial charge in [0.15, 0.2) is 17.3 Å². The molecule has 0 saturated carbocycles. The summed E-state index contributed by atoms with van der Waals surface area (Å²) in [6, 6.07) is 17.1. The maximum atomic E-state index is 13.8. The standard InChI is InChI=1S/C30H34N2O5/c1-6-35-27-16-24-26(17-28(27)36-7-2)32(30(34)37-8-3)20(5)25(29(24)33)18-31-19(4)22-15-11-13-21-12-9-10-14-23(21)22/h9-20,31H,6-8H2,1-5H3. The number of anilines is 1. The molecule has 37 heavy (non-hydrogen) atoms. The molecule has 1 N–H and O–H groups in total. The Bertz CT molecular complexity index is 1330. The van der Waals surface area contributed by atoms with E-state index in [0.717, 1.165) is 16.3 Å². The Kier molecular flexibility index (Phi) is 8.01. The monoisotopic (exact) mass is 502 g/mol. The first-order valence-corrected chi connectivity index (χ1v) is 12.8. The molecule has 0 aromatic heterocycles. The number of nitrogens with zero attached hydrogens (tertiary/aromatic N) is 1. The highest BCUT2D eigenvalue weighted by atomic mass is 16.6. The lowest BCUT2D eigenvalue weighted by Gasteiger charge is -2.36. The summed E-state index contributed by atoms with van der Waals surface area (Å²) in [6.07, 6.45) is 1.20. The van der Waals surface area contributed by atoms with Crippen molar-refractivity contribution < 1.29 is 23.8 Å². The Balaban J connectivity index is 1.75. The quantitative estimate of drug-likeness (QED) is 0.358. The number of fused-ring (bicyclic) bond motifs is 2. The smallest absolute Gasteiger partial charge is 0.414 e. The minimum absolute atomic E-state index is 0.0737. The second-order valence-corrected chi connectivity index (χ2v) is 8.81. The van der Waals surface area contributed by atoms with Gasteiger partial charge >= 0.3 is 6.09 Å². The number of benzene rings is 3. The first-order chi connectivity index (χ1) is 17.9. The fourth-order valence-corrected chi connectivity index (χ4v) is 4.73. The Morgan fingerprint density at radius 3 is 2.38 bits per heavy atom. The van der Waals surface area contributed by atoms with E-state index in [1.54, 1.807) is 25.3 Å². The van der Waals surface area contributed by atoms with Crippen LogP contribution in [0, 0.1) is 0 Å². The summed E-state index contributed by atoms with van der Waals surface area (Å²) in [5.74, 6) is 0.767. The molecule has 3 aromatic rings. The third-order valence-corrected chi connectivity index (χ3v) is 6.51. The van der Waals surface area contributed by atoms with Gasteiger partial charge in [-0.25, -0.2) is 4.79 Å². The highest BCUT2D eigenvalue weighted by Gasteiger charge is 2.39. The van der Waals surface area contributed by atoms with Crippen molar-refractivity contribution in [3.8, 4) is 11.5 Å². The van der Waals surface area contributed by atoms with Crippen LogP contribution in [-0.4, -0.2) is 37.7 Å². The summed E-state index contributed by atoms with van der Waals surface area (Å²) >= 11 is 0. The number of Topliss-reactive ketones (excluding diaryl/α,β-unsaturated/α-hetero) is 1. The Hall–Kier alpha value is -4.00. The molecule has 4 rings (SSSR count). The Morgan fingerprint density at radius 2 is 1.68 bits per heavy atom. The highest BCUT2D eigenvalue weighted by molar-refractivity contribution is 6.18. The largest absolute Gasteiger partial charge is 0.490 e. The number of carbonyl (C=O) groups excluding carboxylic acids is 2. The molecule has 0 spiro atoms. The van der Waals surface area contributed by atoms with E-state index in [0.29, 0.717) is 41.5 Å². The number of ether oxygens (including phenoxy) is 3. The van der Waals surface area contributed by atoms with Crippen LogP contribution in [0.3, 0.4) is 0 Å². The fraction of sp³-hybridized carbons (Fsp3) is 0.333. The first kappa shape index (κ1) is 26.1. The van der Waals surface area contributed by atoms with Crippen molar-refractivity contribution in [3.05, 3.63) is 77.5 Å². The van der Waals surface area contributed by atoms with Crippen LogP contribution in [0.5, 0.6) is 11.5 Å². The number of hydrogen-bond acceptors (Lipinski definition) is 6. The van der Waals surface area contributed by atoms with E-state index in [1.165, 1.54) is 4.90 Å². The van der Waals surface area contributed by atoms with Crippen molar-refractivity contribution in [2.24, 2.45) is 0 Å². The minimum Gasteiger partial charge on any atom is -0.490 e. The lowest BCUT2D eigenvalue weighted by Crippen LogP contribution is -2.46. The van der Waals surface area contributed by atoms with E-state index in [4.69, 9.17) is 14.2 Å². The lowest BCUT2D eigenvalue weighted by molar-refractivity contribution is 0.102. The van der Waals surface area contributed by atoms with Crippen molar-refractivity contribution >= 4 is 28.3 Å². The molecule has 0 fully saturated rings. The highest BCUT2D eigenvalue weighted by Crippen LogP contribution is 2.41. The molecule has 194 valence electrons. The zero-order valence-corrected chi connectivity index (χ0v) is 22.0. The van der Waals surface area contributed by atoms with Crippen LogP contribution in [-0.2, 0) is 4.74 Å². The van der Waals surface area contributed by atoms with Crippen LogP contribution >= 0.6 is 0 Å². The van der Waals surface area contributed by atoms with E-state index in [1.807, 2.05) is 39.0 Å². The van der Waals surface area contributed by atoms with Crippen molar-refractivity contribution in [2.75, 3.05) is 24.7 Å². The maximum absolute atomic E-state index is 13.8. The zero-order chi connectivity index (χ0) is 26.5. The van der Waals surface area contributed by atoms with Gasteiger partial charge in [-0.15, -0.1) is 0 Å². The van der Waals surface area contributed by atoms with Gasteiger partial charge in [-0.05, 0) is 57.0 Å². The zero-order valence-electron chi connectivity index (χ0n) is 22.0. The van der Waals surface area contributed by atoms with Crippen LogP contribution in [0.1, 0.15) is 56.6 Å². The first-order valence-electron chi connectivity index (χ1n) is 12.8. The summed E-state index contributed by atoms with van der Waals surface area (Å²) in [5, 5.41) is 5.70. The van der Waals surface area contributed by atoms with Crippen LogP contribution in [0.2, 0.25) is 0 Å². The third-order valence-electron chi connectivity index (χ3n) is 6.51. The molecule has 2 unspecified atom stereocenters. The predicted molar refractivity (Wildman–Crippen MR) is 146 cm³/mol. The fourth-order valence-electron chi connectivity index (χ4n) is 4.73. The second kappa shape index (κ2) is 11.4. The van der Waals surface area contributed by atoms with E-state index in [9.17, 15) is 9.59 Å². The molecule has 2 atom stereocenters. The molecule has 1 aliphatic rings. The molecule has 1 heterocycles. The van der Waals surface area contributed by atoms with Gasteiger partial charge in [0.25, 0.3) is 0 Å². The third kappa shape index (κ3) is 5.12. The van der Waals surface area contributed by atoms with Gasteiger partial charge in [-0.1, -0.05) is 42.5 Å². The molecule has 0 saturated heterocycles. The summed E-state index contributed by atoms with van der Waals surface area (Å²) in [5.41, 5.74) is 2.39. The molecule has 7 nitrogen and oxygen atoms in total. The van der Waals surface area contributed by atoms with Crippen molar-refractivity contribution in [2.45, 2.75) is 46.7 Å². The van der Waals surface area contributed by atoms with Crippen molar-refractivity contribution in [1.29, 1.82) is 0 Å². The van der Waals surface area contributed by atoms with E-state index >= 15 is 0 Å². The topological polar surface area (TPSA) is 77.1 Å². The van der Waals surface area contributed by atoms with Gasteiger partial charge in [-0.3, -0.25) is 9.69 Å². The van der Waals surface area contributed by atoms with Crippen LogP contribution < -0.4 is 19.7 Å².